The van der Waals surface area contributed by atoms with Crippen LogP contribution in [-0.2, 0) is 0 Å². The Balaban J connectivity index is 4.83. The zero-order valence-corrected chi connectivity index (χ0v) is 6.82. The van der Waals surface area contributed by atoms with Gasteiger partial charge >= 0.3 is 0 Å². The Labute approximate surface area is 65.9 Å². The predicted molar refractivity (Wildman–Crippen MR) is 43.7 cm³/mol. The van der Waals surface area contributed by atoms with Crippen molar-refractivity contribution in [3.8, 4) is 0 Å². The van der Waals surface area contributed by atoms with Crippen LogP contribution in [-0.4, -0.2) is 6.43 Å². The largest absolute Gasteiger partial charge is 0.264 e. The lowest BCUT2D eigenvalue weighted by Gasteiger charge is -2.05. The third-order valence-electron chi connectivity index (χ3n) is 1.53. The van der Waals surface area contributed by atoms with Gasteiger partial charge in [-0.05, 0) is 19.4 Å². The summed E-state index contributed by atoms with van der Waals surface area (Å²) in [4.78, 5) is 0. The molecule has 0 aromatic heterocycles. The van der Waals surface area contributed by atoms with E-state index in [1.54, 1.807) is 13.8 Å². The van der Waals surface area contributed by atoms with Gasteiger partial charge in [0, 0.05) is 5.57 Å². The van der Waals surface area contributed by atoms with Gasteiger partial charge in [0.25, 0.3) is 6.43 Å². The van der Waals surface area contributed by atoms with Gasteiger partial charge in [-0.15, -0.1) is 0 Å². The lowest BCUT2D eigenvalue weighted by Crippen LogP contribution is -1.97. The molecule has 0 bridgehead atoms. The van der Waals surface area contributed by atoms with Crippen LogP contribution in [0.5, 0.6) is 0 Å². The van der Waals surface area contributed by atoms with Crippen molar-refractivity contribution < 1.29 is 8.78 Å². The zero-order chi connectivity index (χ0) is 9.02. The van der Waals surface area contributed by atoms with Crippen molar-refractivity contribution in [1.29, 1.82) is 0 Å². The average molecular weight is 158 g/mol. The Morgan fingerprint density at radius 1 is 1.36 bits per heavy atom. The number of rotatable bonds is 3. The normalized spacial score (nSPS) is 12.8. The molecule has 0 rings (SSSR count). The van der Waals surface area contributed by atoms with E-state index in [9.17, 15) is 8.78 Å². The Bertz CT molecular complexity index is 200. The van der Waals surface area contributed by atoms with Gasteiger partial charge in [0.05, 0.1) is 0 Å². The van der Waals surface area contributed by atoms with Crippen LogP contribution in [0.2, 0.25) is 0 Å². The molecule has 0 radical (unpaired) electrons. The number of alkyl halides is 2. The van der Waals surface area contributed by atoms with Crippen LogP contribution in [0.15, 0.2) is 36.0 Å². The topological polar surface area (TPSA) is 0 Å². The highest BCUT2D eigenvalue weighted by atomic mass is 19.3. The van der Waals surface area contributed by atoms with Crippen molar-refractivity contribution in [3.05, 3.63) is 36.0 Å². The molecule has 0 saturated carbocycles. The van der Waals surface area contributed by atoms with Gasteiger partial charge in [0.2, 0.25) is 0 Å². The van der Waals surface area contributed by atoms with Crippen LogP contribution in [0.4, 0.5) is 8.78 Å². The van der Waals surface area contributed by atoms with Gasteiger partial charge < -0.3 is 0 Å². The Kier molecular flexibility index (Phi) is 3.72. The third kappa shape index (κ3) is 2.66. The van der Waals surface area contributed by atoms with Gasteiger partial charge in [-0.25, -0.2) is 8.78 Å². The molecular formula is C9H12F2. The minimum absolute atomic E-state index is 0.0301. The summed E-state index contributed by atoms with van der Waals surface area (Å²) in [5, 5.41) is 0. The van der Waals surface area contributed by atoms with Crippen molar-refractivity contribution in [2.24, 2.45) is 0 Å². The van der Waals surface area contributed by atoms with E-state index in [4.69, 9.17) is 0 Å². The summed E-state index contributed by atoms with van der Waals surface area (Å²) in [6.45, 7) is 10.2. The van der Waals surface area contributed by atoms with Gasteiger partial charge in [0.15, 0.2) is 0 Å². The van der Waals surface area contributed by atoms with E-state index in [1.165, 1.54) is 6.08 Å². The van der Waals surface area contributed by atoms with Crippen molar-refractivity contribution in [2.45, 2.75) is 20.3 Å². The van der Waals surface area contributed by atoms with Gasteiger partial charge in [-0.1, -0.05) is 24.8 Å². The Morgan fingerprint density at radius 2 is 1.82 bits per heavy atom. The minimum Gasteiger partial charge on any atom is -0.205 e. The number of halogens is 2. The lowest BCUT2D eigenvalue weighted by atomic mass is 10.0. The van der Waals surface area contributed by atoms with Crippen molar-refractivity contribution in [1.82, 2.24) is 0 Å². The molecule has 0 saturated heterocycles. The van der Waals surface area contributed by atoms with E-state index >= 15 is 0 Å². The quantitative estimate of drug-likeness (QED) is 0.552. The molecule has 62 valence electrons. The summed E-state index contributed by atoms with van der Waals surface area (Å²) in [6, 6.07) is 0. The van der Waals surface area contributed by atoms with Crippen LogP contribution in [0, 0.1) is 0 Å². The second-order valence-electron chi connectivity index (χ2n) is 2.37. The number of hydrogen-bond donors (Lipinski definition) is 0. The summed E-state index contributed by atoms with van der Waals surface area (Å²) in [5.74, 6) is 0. The molecule has 0 amide bonds. The predicted octanol–water partition coefficient (Wildman–Crippen LogP) is 3.33. The fourth-order valence-electron chi connectivity index (χ4n) is 0.652. The molecule has 0 nitrogen and oxygen atoms in total. The molecule has 2 heteroatoms. The second kappa shape index (κ2) is 4.06. The van der Waals surface area contributed by atoms with E-state index in [2.05, 4.69) is 13.2 Å². The van der Waals surface area contributed by atoms with Gasteiger partial charge in [-0.3, -0.25) is 0 Å². The van der Waals surface area contributed by atoms with Crippen molar-refractivity contribution >= 4 is 0 Å². The molecule has 0 aromatic rings. The van der Waals surface area contributed by atoms with Crippen LogP contribution in [0.3, 0.4) is 0 Å². The molecule has 0 aliphatic carbocycles. The van der Waals surface area contributed by atoms with Crippen molar-refractivity contribution in [2.75, 3.05) is 0 Å². The molecule has 0 aliphatic heterocycles. The molecule has 11 heavy (non-hydrogen) atoms. The van der Waals surface area contributed by atoms with E-state index < -0.39 is 6.43 Å². The number of allylic oxidation sites excluding steroid dienone is 4. The second-order valence-corrected chi connectivity index (χ2v) is 2.37. The molecule has 0 heterocycles. The highest BCUT2D eigenvalue weighted by Crippen LogP contribution is 2.19. The van der Waals surface area contributed by atoms with Gasteiger partial charge in [-0.2, -0.15) is 0 Å². The Hall–Kier alpha value is -0.920. The van der Waals surface area contributed by atoms with Crippen LogP contribution in [0.25, 0.3) is 0 Å². The number of hydrogen-bond acceptors (Lipinski definition) is 0. The highest BCUT2D eigenvalue weighted by molar-refractivity contribution is 5.36. The third-order valence-corrected chi connectivity index (χ3v) is 1.53. The van der Waals surface area contributed by atoms with Crippen LogP contribution < -0.4 is 0 Å². The summed E-state index contributed by atoms with van der Waals surface area (Å²) < 4.78 is 24.3. The maximum atomic E-state index is 12.1. The van der Waals surface area contributed by atoms with E-state index in [1.807, 2.05) is 0 Å². The fraction of sp³-hybridized carbons (Fsp3) is 0.333. The molecule has 0 atom stereocenters. The molecule has 0 unspecified atom stereocenters. The van der Waals surface area contributed by atoms with Crippen molar-refractivity contribution in [3.63, 3.8) is 0 Å². The summed E-state index contributed by atoms with van der Waals surface area (Å²) in [6.07, 6.45) is -1.28. The monoisotopic (exact) mass is 158 g/mol. The summed E-state index contributed by atoms with van der Waals surface area (Å²) in [5.41, 5.74) is 1.15. The maximum absolute atomic E-state index is 12.1. The average Bonchev–Trinajstić information content (AvgIpc) is 1.88. The maximum Gasteiger partial charge on any atom is 0.264 e. The molecule has 0 fully saturated rings. The molecule has 0 N–H and O–H groups in total. The smallest absolute Gasteiger partial charge is 0.205 e. The van der Waals surface area contributed by atoms with E-state index in [0.29, 0.717) is 11.1 Å². The summed E-state index contributed by atoms with van der Waals surface area (Å²) in [7, 11) is 0. The van der Waals surface area contributed by atoms with Crippen LogP contribution in [0.1, 0.15) is 13.8 Å². The first kappa shape index (κ1) is 10.1. The standard InChI is InChI=1S/C9H12F2/c1-5-8(9(10)11)7(4)6(2)3/h5,9H,1-2H2,3-4H3/b8-7+. The molecule has 0 aliphatic rings. The first-order valence-electron chi connectivity index (χ1n) is 3.28. The zero-order valence-electron chi connectivity index (χ0n) is 6.82. The molecule has 0 aromatic carbocycles. The van der Waals surface area contributed by atoms with E-state index in [-0.39, 0.29) is 5.57 Å². The molecule has 0 spiro atoms. The SMILES string of the molecule is C=C/C(=C(/C)C(=C)C)C(F)F. The fourth-order valence-corrected chi connectivity index (χ4v) is 0.652. The van der Waals surface area contributed by atoms with Gasteiger partial charge in [0.1, 0.15) is 0 Å². The lowest BCUT2D eigenvalue weighted by molar-refractivity contribution is 0.193. The first-order valence-corrected chi connectivity index (χ1v) is 3.28. The molecular weight excluding hydrogens is 146 g/mol. The summed E-state index contributed by atoms with van der Waals surface area (Å²) >= 11 is 0. The first-order chi connectivity index (χ1) is 5.00. The minimum atomic E-state index is -2.45. The van der Waals surface area contributed by atoms with E-state index in [0.717, 1.165) is 0 Å². The highest BCUT2D eigenvalue weighted by Gasteiger charge is 2.10. The Morgan fingerprint density at radius 3 is 1.91 bits per heavy atom. The van der Waals surface area contributed by atoms with Crippen LogP contribution >= 0.6 is 0 Å².